The maximum atomic E-state index is 12.6. The largest absolute Gasteiger partial charge is 0.348 e. The molecule has 0 radical (unpaired) electrons. The summed E-state index contributed by atoms with van der Waals surface area (Å²) in [6.45, 7) is 5.52. The molecule has 3 rings (SSSR count). The molecule has 0 saturated carbocycles. The molecule has 1 aliphatic rings. The highest BCUT2D eigenvalue weighted by Crippen LogP contribution is 2.25. The van der Waals surface area contributed by atoms with E-state index in [1.807, 2.05) is 35.3 Å². The van der Waals surface area contributed by atoms with Crippen LogP contribution in [0.1, 0.15) is 47.2 Å². The summed E-state index contributed by atoms with van der Waals surface area (Å²) in [6.07, 6.45) is 5.96. The summed E-state index contributed by atoms with van der Waals surface area (Å²) in [7, 11) is 0. The molecule has 2 heterocycles. The Morgan fingerprint density at radius 3 is 3.09 bits per heavy atom. The van der Waals surface area contributed by atoms with E-state index in [4.69, 9.17) is 0 Å². The summed E-state index contributed by atoms with van der Waals surface area (Å²) in [5.41, 5.74) is 2.98. The molecule has 1 atom stereocenters. The first-order chi connectivity index (χ1) is 11.3. The molecule has 5 nitrogen and oxygen atoms in total. The zero-order valence-corrected chi connectivity index (χ0v) is 13.6. The van der Waals surface area contributed by atoms with Gasteiger partial charge in [0.2, 0.25) is 0 Å². The van der Waals surface area contributed by atoms with Crippen molar-refractivity contribution in [2.75, 3.05) is 13.1 Å². The Morgan fingerprint density at radius 1 is 1.43 bits per heavy atom. The van der Waals surface area contributed by atoms with Crippen molar-refractivity contribution < 1.29 is 4.79 Å². The first-order valence-corrected chi connectivity index (χ1v) is 8.37. The normalized spacial score (nSPS) is 17.3. The quantitative estimate of drug-likeness (QED) is 0.860. The molecular weight excluding hydrogens is 288 g/mol. The fourth-order valence-corrected chi connectivity index (χ4v) is 3.11. The minimum Gasteiger partial charge on any atom is -0.348 e. The maximum absolute atomic E-state index is 12.6. The Morgan fingerprint density at radius 2 is 2.30 bits per heavy atom. The highest BCUT2D eigenvalue weighted by molar-refractivity contribution is 5.95. The third kappa shape index (κ3) is 3.79. The van der Waals surface area contributed by atoms with E-state index in [2.05, 4.69) is 28.7 Å². The second-order valence-electron chi connectivity index (χ2n) is 6.07. The Labute approximate surface area is 137 Å². The second kappa shape index (κ2) is 7.42. The van der Waals surface area contributed by atoms with Gasteiger partial charge < -0.3 is 10.6 Å². The highest BCUT2D eigenvalue weighted by Gasteiger charge is 2.21. The van der Waals surface area contributed by atoms with Crippen LogP contribution >= 0.6 is 0 Å². The number of hydrogen-bond donors (Lipinski definition) is 2. The molecule has 2 N–H and O–H groups in total. The predicted octanol–water partition coefficient (Wildman–Crippen LogP) is 2.30. The van der Waals surface area contributed by atoms with Crippen molar-refractivity contribution in [1.29, 1.82) is 0 Å². The van der Waals surface area contributed by atoms with Gasteiger partial charge in [0.15, 0.2) is 0 Å². The Balaban J connectivity index is 1.65. The Bertz CT molecular complexity index is 659. The first-order valence-electron chi connectivity index (χ1n) is 8.37. The Kier molecular flexibility index (Phi) is 5.08. The molecule has 1 aromatic heterocycles. The van der Waals surface area contributed by atoms with Crippen molar-refractivity contribution in [3.8, 4) is 0 Å². The van der Waals surface area contributed by atoms with Crippen molar-refractivity contribution >= 4 is 5.91 Å². The van der Waals surface area contributed by atoms with Crippen LogP contribution in [0, 0.1) is 0 Å². The zero-order valence-electron chi connectivity index (χ0n) is 13.6. The van der Waals surface area contributed by atoms with E-state index in [-0.39, 0.29) is 5.91 Å². The van der Waals surface area contributed by atoms with Crippen LogP contribution < -0.4 is 10.6 Å². The summed E-state index contributed by atoms with van der Waals surface area (Å²) in [4.78, 5) is 12.6. The van der Waals surface area contributed by atoms with Crippen molar-refractivity contribution in [2.24, 2.45) is 0 Å². The molecule has 1 aliphatic heterocycles. The molecule has 0 spiro atoms. The fraction of sp³-hybridized carbons (Fsp3) is 0.444. The molecule has 2 aromatic rings. The first kappa shape index (κ1) is 15.7. The van der Waals surface area contributed by atoms with E-state index in [9.17, 15) is 4.79 Å². The molecule has 1 unspecified atom stereocenters. The zero-order chi connectivity index (χ0) is 16.1. The molecule has 0 aliphatic carbocycles. The van der Waals surface area contributed by atoms with Crippen molar-refractivity contribution in [2.45, 2.75) is 38.8 Å². The van der Waals surface area contributed by atoms with Crippen LogP contribution in [0.5, 0.6) is 0 Å². The molecule has 1 fully saturated rings. The van der Waals surface area contributed by atoms with Gasteiger partial charge in [0.1, 0.15) is 0 Å². The number of hydrogen-bond acceptors (Lipinski definition) is 3. The summed E-state index contributed by atoms with van der Waals surface area (Å²) in [6, 6.07) is 7.94. The van der Waals surface area contributed by atoms with E-state index in [0.29, 0.717) is 12.5 Å². The van der Waals surface area contributed by atoms with Crippen molar-refractivity contribution in [1.82, 2.24) is 20.4 Å². The van der Waals surface area contributed by atoms with Crippen molar-refractivity contribution in [3.63, 3.8) is 0 Å². The second-order valence-corrected chi connectivity index (χ2v) is 6.07. The number of carbonyl (C=O) groups excluding carboxylic acids is 1. The van der Waals surface area contributed by atoms with Gasteiger partial charge in [-0.1, -0.05) is 25.1 Å². The van der Waals surface area contributed by atoms with Gasteiger partial charge in [-0.15, -0.1) is 0 Å². The van der Waals surface area contributed by atoms with Crippen molar-refractivity contribution in [3.05, 3.63) is 53.3 Å². The number of nitrogens with one attached hydrogen (secondary N) is 2. The maximum Gasteiger partial charge on any atom is 0.251 e. The highest BCUT2D eigenvalue weighted by atomic mass is 16.1. The number of carbonyl (C=O) groups is 1. The molecule has 1 aromatic carbocycles. The molecule has 122 valence electrons. The number of rotatable bonds is 6. The van der Waals surface area contributed by atoms with Crippen LogP contribution in [-0.2, 0) is 13.1 Å². The molecule has 5 heteroatoms. The monoisotopic (exact) mass is 312 g/mol. The van der Waals surface area contributed by atoms with Crippen LogP contribution in [0.15, 0.2) is 36.7 Å². The molecule has 1 saturated heterocycles. The standard InChI is InChI=1S/C18H24N4O/c1-2-9-22-13-14(11-21-22)10-20-18(23)17-6-4-3-5-16(17)15-7-8-19-12-15/h3-6,11,13,15,19H,2,7-10,12H2,1H3,(H,20,23). The van der Waals surface area contributed by atoms with Gasteiger partial charge in [0, 0.05) is 37.0 Å². The van der Waals surface area contributed by atoms with E-state index < -0.39 is 0 Å². The van der Waals surface area contributed by atoms with Crippen LogP contribution in [-0.4, -0.2) is 28.8 Å². The van der Waals surface area contributed by atoms with E-state index in [1.165, 1.54) is 0 Å². The Hall–Kier alpha value is -2.14. The van der Waals surface area contributed by atoms with E-state index >= 15 is 0 Å². The lowest BCUT2D eigenvalue weighted by atomic mass is 9.93. The van der Waals surface area contributed by atoms with E-state index in [1.54, 1.807) is 0 Å². The van der Waals surface area contributed by atoms with Crippen LogP contribution in [0.25, 0.3) is 0 Å². The minimum atomic E-state index is -0.00394. The molecular formula is C18H24N4O. The van der Waals surface area contributed by atoms with Gasteiger partial charge in [0.25, 0.3) is 5.91 Å². The lowest BCUT2D eigenvalue weighted by Gasteiger charge is -2.14. The number of aryl methyl sites for hydroxylation is 1. The molecule has 0 bridgehead atoms. The number of nitrogens with zero attached hydrogens (tertiary/aromatic N) is 2. The lowest BCUT2D eigenvalue weighted by Crippen LogP contribution is -2.24. The van der Waals surface area contributed by atoms with Gasteiger partial charge in [0.05, 0.1) is 6.20 Å². The average molecular weight is 312 g/mol. The van der Waals surface area contributed by atoms with E-state index in [0.717, 1.165) is 49.2 Å². The van der Waals surface area contributed by atoms with Crippen LogP contribution in [0.2, 0.25) is 0 Å². The van der Waals surface area contributed by atoms with Gasteiger partial charge in [-0.25, -0.2) is 0 Å². The number of aromatic nitrogens is 2. The molecule has 1 amide bonds. The lowest BCUT2D eigenvalue weighted by molar-refractivity contribution is 0.0949. The third-order valence-electron chi connectivity index (χ3n) is 4.30. The molecule has 23 heavy (non-hydrogen) atoms. The summed E-state index contributed by atoms with van der Waals surface area (Å²) in [5, 5.41) is 10.7. The fourth-order valence-electron chi connectivity index (χ4n) is 3.11. The SMILES string of the molecule is CCCn1cc(CNC(=O)c2ccccc2C2CCNC2)cn1. The topological polar surface area (TPSA) is 59.0 Å². The minimum absolute atomic E-state index is 0.00394. The summed E-state index contributed by atoms with van der Waals surface area (Å²) >= 11 is 0. The third-order valence-corrected chi connectivity index (χ3v) is 4.30. The summed E-state index contributed by atoms with van der Waals surface area (Å²) in [5.74, 6) is 0.431. The van der Waals surface area contributed by atoms with Gasteiger partial charge in [-0.3, -0.25) is 9.48 Å². The van der Waals surface area contributed by atoms with Gasteiger partial charge >= 0.3 is 0 Å². The summed E-state index contributed by atoms with van der Waals surface area (Å²) < 4.78 is 1.92. The van der Waals surface area contributed by atoms with Gasteiger partial charge in [-0.05, 0) is 36.9 Å². The number of benzene rings is 1. The average Bonchev–Trinajstić information content (AvgIpc) is 3.25. The van der Waals surface area contributed by atoms with Crippen LogP contribution in [0.3, 0.4) is 0 Å². The van der Waals surface area contributed by atoms with Gasteiger partial charge in [-0.2, -0.15) is 5.10 Å². The predicted molar refractivity (Wildman–Crippen MR) is 90.4 cm³/mol. The smallest absolute Gasteiger partial charge is 0.251 e. The van der Waals surface area contributed by atoms with Crippen LogP contribution in [0.4, 0.5) is 0 Å². The number of amides is 1.